The van der Waals surface area contributed by atoms with Crippen LogP contribution in [0.5, 0.6) is 0 Å². The molecule has 0 unspecified atom stereocenters. The van der Waals surface area contributed by atoms with E-state index in [0.717, 1.165) is 43.4 Å². The highest BCUT2D eigenvalue weighted by atomic mass is 32.1. The van der Waals surface area contributed by atoms with Crippen molar-refractivity contribution in [3.8, 4) is 0 Å². The summed E-state index contributed by atoms with van der Waals surface area (Å²) in [4.78, 5) is 4.37. The van der Waals surface area contributed by atoms with Gasteiger partial charge in [-0.15, -0.1) is 0 Å². The molecule has 14 heavy (non-hydrogen) atoms. The fraction of sp³-hybridized carbons (Fsp3) is 0.778. The molecule has 0 aliphatic carbocycles. The number of rotatable bonds is 7. The van der Waals surface area contributed by atoms with Gasteiger partial charge in [0.05, 0.1) is 0 Å². The van der Waals surface area contributed by atoms with Gasteiger partial charge in [-0.1, -0.05) is 13.8 Å². The number of nitrogens with zero attached hydrogens (tertiary/aromatic N) is 2. The zero-order chi connectivity index (χ0) is 10.2. The first-order chi connectivity index (χ1) is 6.86. The second-order valence-corrected chi connectivity index (χ2v) is 3.80. The molecule has 80 valence electrons. The summed E-state index contributed by atoms with van der Waals surface area (Å²) in [5, 5.41) is 7.42. The monoisotopic (exact) mass is 214 g/mol. The van der Waals surface area contributed by atoms with Crippen LogP contribution in [-0.2, 0) is 6.42 Å². The van der Waals surface area contributed by atoms with Crippen LogP contribution in [0.1, 0.15) is 26.1 Å². The Balaban J connectivity index is 2.22. The molecule has 4 nitrogen and oxygen atoms in total. The van der Waals surface area contributed by atoms with E-state index in [1.165, 1.54) is 11.5 Å². The van der Waals surface area contributed by atoms with Gasteiger partial charge < -0.3 is 10.6 Å². The molecule has 1 rings (SSSR count). The summed E-state index contributed by atoms with van der Waals surface area (Å²) in [7, 11) is 0. The van der Waals surface area contributed by atoms with Crippen LogP contribution < -0.4 is 10.6 Å². The molecular formula is C9H18N4S. The molecule has 0 fully saturated rings. The molecule has 0 amide bonds. The molecule has 0 atom stereocenters. The van der Waals surface area contributed by atoms with Crippen LogP contribution in [0.3, 0.4) is 0 Å². The number of hydrogen-bond donors (Lipinski definition) is 2. The Morgan fingerprint density at radius 2 is 2.14 bits per heavy atom. The van der Waals surface area contributed by atoms with Crippen LogP contribution >= 0.6 is 11.5 Å². The van der Waals surface area contributed by atoms with Crippen molar-refractivity contribution in [2.45, 2.75) is 26.7 Å². The molecule has 0 bridgehead atoms. The summed E-state index contributed by atoms with van der Waals surface area (Å²) < 4.78 is 4.25. The predicted octanol–water partition coefficient (Wildman–Crippen LogP) is 1.51. The van der Waals surface area contributed by atoms with E-state index in [2.05, 4.69) is 33.8 Å². The number of hydrogen-bond acceptors (Lipinski definition) is 5. The van der Waals surface area contributed by atoms with Crippen molar-refractivity contribution in [3.63, 3.8) is 0 Å². The third-order valence-corrected chi connectivity index (χ3v) is 2.48. The van der Waals surface area contributed by atoms with Gasteiger partial charge >= 0.3 is 0 Å². The Morgan fingerprint density at radius 3 is 2.86 bits per heavy atom. The van der Waals surface area contributed by atoms with Crippen molar-refractivity contribution in [1.82, 2.24) is 14.7 Å². The maximum atomic E-state index is 4.37. The minimum Gasteiger partial charge on any atom is -0.359 e. The molecule has 0 aromatic carbocycles. The van der Waals surface area contributed by atoms with Gasteiger partial charge in [0.15, 0.2) is 0 Å². The van der Waals surface area contributed by atoms with Gasteiger partial charge in [0.2, 0.25) is 5.13 Å². The fourth-order valence-electron chi connectivity index (χ4n) is 1.09. The normalized spacial score (nSPS) is 10.4. The van der Waals surface area contributed by atoms with E-state index >= 15 is 0 Å². The topological polar surface area (TPSA) is 49.8 Å². The number of aromatic nitrogens is 2. The van der Waals surface area contributed by atoms with Crippen molar-refractivity contribution in [1.29, 1.82) is 0 Å². The molecule has 0 aliphatic rings. The zero-order valence-corrected chi connectivity index (χ0v) is 9.65. The Labute approximate surface area is 89.3 Å². The number of anilines is 1. The molecule has 1 heterocycles. The molecule has 2 N–H and O–H groups in total. The van der Waals surface area contributed by atoms with Crippen LogP contribution in [0, 0.1) is 0 Å². The highest BCUT2D eigenvalue weighted by Gasteiger charge is 2.01. The van der Waals surface area contributed by atoms with Crippen molar-refractivity contribution in [2.75, 3.05) is 25.0 Å². The Morgan fingerprint density at radius 1 is 1.29 bits per heavy atom. The SMILES string of the molecule is CCCc1nsc(NCCNCC)n1. The number of aryl methyl sites for hydroxylation is 1. The van der Waals surface area contributed by atoms with Crippen molar-refractivity contribution < 1.29 is 0 Å². The van der Waals surface area contributed by atoms with E-state index in [9.17, 15) is 0 Å². The average molecular weight is 214 g/mol. The van der Waals surface area contributed by atoms with E-state index < -0.39 is 0 Å². The second-order valence-electron chi connectivity index (χ2n) is 3.05. The van der Waals surface area contributed by atoms with Gasteiger partial charge in [0, 0.05) is 31.0 Å². The molecular weight excluding hydrogens is 196 g/mol. The molecule has 1 aromatic rings. The average Bonchev–Trinajstić information content (AvgIpc) is 2.61. The highest BCUT2D eigenvalue weighted by Crippen LogP contribution is 2.11. The van der Waals surface area contributed by atoms with Crippen molar-refractivity contribution >= 4 is 16.7 Å². The first-order valence-corrected chi connectivity index (χ1v) is 5.91. The van der Waals surface area contributed by atoms with Gasteiger partial charge in [0.1, 0.15) is 5.82 Å². The first kappa shape index (κ1) is 11.4. The fourth-order valence-corrected chi connectivity index (χ4v) is 1.72. The molecule has 5 heteroatoms. The molecule has 0 saturated carbocycles. The lowest BCUT2D eigenvalue weighted by Gasteiger charge is -2.01. The second kappa shape index (κ2) is 6.73. The Bertz CT molecular complexity index is 249. The summed E-state index contributed by atoms with van der Waals surface area (Å²) in [5.74, 6) is 0.962. The number of likely N-dealkylation sites (N-methyl/N-ethyl adjacent to an activating group) is 1. The lowest BCUT2D eigenvalue weighted by Crippen LogP contribution is -2.21. The Hall–Kier alpha value is -0.680. The van der Waals surface area contributed by atoms with Crippen LogP contribution in [0.15, 0.2) is 0 Å². The summed E-state index contributed by atoms with van der Waals surface area (Å²) in [5.41, 5.74) is 0. The van der Waals surface area contributed by atoms with Crippen LogP contribution in [0.25, 0.3) is 0 Å². The smallest absolute Gasteiger partial charge is 0.202 e. The van der Waals surface area contributed by atoms with Gasteiger partial charge in [-0.25, -0.2) is 4.98 Å². The molecule has 0 radical (unpaired) electrons. The Kier molecular flexibility index (Phi) is 5.47. The zero-order valence-electron chi connectivity index (χ0n) is 8.84. The third-order valence-electron chi connectivity index (χ3n) is 1.77. The standard InChI is InChI=1S/C9H18N4S/c1-3-5-8-12-9(14-13-8)11-7-6-10-4-2/h10H,3-7H2,1-2H3,(H,11,12,13). The van der Waals surface area contributed by atoms with Gasteiger partial charge in [-0.2, -0.15) is 4.37 Å². The van der Waals surface area contributed by atoms with Crippen LogP contribution in [0.4, 0.5) is 5.13 Å². The quantitative estimate of drug-likeness (QED) is 0.676. The van der Waals surface area contributed by atoms with E-state index in [1.54, 1.807) is 0 Å². The molecule has 0 spiro atoms. The minimum absolute atomic E-state index is 0.911. The summed E-state index contributed by atoms with van der Waals surface area (Å²) >= 11 is 1.45. The van der Waals surface area contributed by atoms with E-state index in [-0.39, 0.29) is 0 Å². The maximum Gasteiger partial charge on any atom is 0.202 e. The minimum atomic E-state index is 0.911. The lowest BCUT2D eigenvalue weighted by molar-refractivity contribution is 0.738. The maximum absolute atomic E-state index is 4.37. The van der Waals surface area contributed by atoms with Crippen molar-refractivity contribution in [3.05, 3.63) is 5.82 Å². The predicted molar refractivity (Wildman–Crippen MR) is 60.9 cm³/mol. The van der Waals surface area contributed by atoms with E-state index in [0.29, 0.717) is 0 Å². The third kappa shape index (κ3) is 4.02. The van der Waals surface area contributed by atoms with Gasteiger partial charge in [-0.05, 0) is 13.0 Å². The molecule has 0 saturated heterocycles. The largest absolute Gasteiger partial charge is 0.359 e. The summed E-state index contributed by atoms with van der Waals surface area (Å²) in [6.45, 7) is 7.14. The molecule has 1 aromatic heterocycles. The first-order valence-electron chi connectivity index (χ1n) is 5.14. The molecule has 0 aliphatic heterocycles. The highest BCUT2D eigenvalue weighted by molar-refractivity contribution is 7.09. The van der Waals surface area contributed by atoms with Crippen LogP contribution in [-0.4, -0.2) is 29.0 Å². The van der Waals surface area contributed by atoms with Crippen molar-refractivity contribution in [2.24, 2.45) is 0 Å². The van der Waals surface area contributed by atoms with E-state index in [1.807, 2.05) is 0 Å². The lowest BCUT2D eigenvalue weighted by atomic mass is 10.3. The number of nitrogens with one attached hydrogen (secondary N) is 2. The van der Waals surface area contributed by atoms with E-state index in [4.69, 9.17) is 0 Å². The summed E-state index contributed by atoms with van der Waals surface area (Å²) in [6.07, 6.45) is 2.08. The van der Waals surface area contributed by atoms with Gasteiger partial charge in [0.25, 0.3) is 0 Å². The van der Waals surface area contributed by atoms with Crippen LogP contribution in [0.2, 0.25) is 0 Å². The van der Waals surface area contributed by atoms with Gasteiger partial charge in [-0.3, -0.25) is 0 Å². The summed E-state index contributed by atoms with van der Waals surface area (Å²) in [6, 6.07) is 0.